The minimum absolute atomic E-state index is 0.0488. The minimum atomic E-state index is -1.02. The van der Waals surface area contributed by atoms with Gasteiger partial charge in [0, 0.05) is 48.9 Å². The zero-order chi connectivity index (χ0) is 30.8. The quantitative estimate of drug-likeness (QED) is 0.389. The molecule has 1 aromatic heterocycles. The third-order valence-electron chi connectivity index (χ3n) is 9.18. The number of nitrogens with zero attached hydrogens (tertiary/aromatic N) is 7. The third-order valence-corrected chi connectivity index (χ3v) is 9.18. The molecule has 3 aliphatic rings. The number of nitriles is 1. The van der Waals surface area contributed by atoms with E-state index in [0.717, 1.165) is 65.0 Å². The first-order chi connectivity index (χ1) is 21.4. The number of halogens is 1. The second-order valence-corrected chi connectivity index (χ2v) is 11.8. The smallest absolute Gasteiger partial charge is 0.318 e. The SMILES string of the molecule is C=C(F)C(=O)N1CCN(c2nc(OC[C@@H]3CCCN3C)nc3c2CCN(c2cccc4cccc(CO)c24)C3)C[C@@H]1CC#N. The van der Waals surface area contributed by atoms with Crippen molar-refractivity contribution in [3.05, 3.63) is 65.6 Å². The van der Waals surface area contributed by atoms with E-state index in [-0.39, 0.29) is 19.6 Å². The molecule has 0 aliphatic carbocycles. The van der Waals surface area contributed by atoms with Gasteiger partial charge in [-0.25, -0.2) is 4.39 Å². The molecule has 44 heavy (non-hydrogen) atoms. The molecule has 0 spiro atoms. The van der Waals surface area contributed by atoms with Crippen molar-refractivity contribution >= 4 is 28.2 Å². The van der Waals surface area contributed by atoms with E-state index in [2.05, 4.69) is 52.6 Å². The molecule has 2 aromatic carbocycles. The van der Waals surface area contributed by atoms with Gasteiger partial charge in [-0.2, -0.15) is 15.2 Å². The van der Waals surface area contributed by atoms with E-state index in [4.69, 9.17) is 14.7 Å². The lowest BCUT2D eigenvalue weighted by atomic mass is 9.99. The first-order valence-corrected chi connectivity index (χ1v) is 15.2. The molecule has 2 fully saturated rings. The minimum Gasteiger partial charge on any atom is -0.462 e. The molecule has 1 N–H and O–H groups in total. The molecule has 11 heteroatoms. The summed E-state index contributed by atoms with van der Waals surface area (Å²) in [5.41, 5.74) is 3.80. The topological polar surface area (TPSA) is 109 Å². The predicted octanol–water partition coefficient (Wildman–Crippen LogP) is 3.57. The van der Waals surface area contributed by atoms with Gasteiger partial charge in [-0.1, -0.05) is 36.9 Å². The van der Waals surface area contributed by atoms with Crippen molar-refractivity contribution in [3.63, 3.8) is 0 Å². The highest BCUT2D eigenvalue weighted by atomic mass is 19.1. The van der Waals surface area contributed by atoms with Crippen LogP contribution in [0.25, 0.3) is 10.8 Å². The maximum absolute atomic E-state index is 13.8. The second-order valence-electron chi connectivity index (χ2n) is 11.8. The Morgan fingerprint density at radius 2 is 1.95 bits per heavy atom. The Bertz CT molecular complexity index is 1600. The van der Waals surface area contributed by atoms with Gasteiger partial charge in [0.2, 0.25) is 0 Å². The number of piperazine rings is 1. The Labute approximate surface area is 257 Å². The number of aliphatic hydroxyl groups excluding tert-OH is 1. The highest BCUT2D eigenvalue weighted by Crippen LogP contribution is 2.36. The van der Waals surface area contributed by atoms with E-state index in [0.29, 0.717) is 44.7 Å². The number of benzene rings is 2. The van der Waals surface area contributed by atoms with E-state index < -0.39 is 17.8 Å². The van der Waals surface area contributed by atoms with E-state index in [1.54, 1.807) is 0 Å². The number of hydrogen-bond acceptors (Lipinski definition) is 9. The monoisotopic (exact) mass is 599 g/mol. The van der Waals surface area contributed by atoms with Crippen molar-refractivity contribution in [3.8, 4) is 12.1 Å². The summed E-state index contributed by atoms with van der Waals surface area (Å²) in [5, 5.41) is 21.7. The molecule has 6 rings (SSSR count). The fourth-order valence-electron chi connectivity index (χ4n) is 6.82. The van der Waals surface area contributed by atoms with Crippen LogP contribution in [0.3, 0.4) is 0 Å². The molecular formula is C33H38FN7O3. The molecule has 10 nitrogen and oxygen atoms in total. The number of likely N-dealkylation sites (tertiary alicyclic amines) is 1. The molecule has 2 atom stereocenters. The van der Waals surface area contributed by atoms with Crippen LogP contribution in [0.2, 0.25) is 0 Å². The molecule has 0 bridgehead atoms. The maximum atomic E-state index is 13.8. The number of rotatable bonds is 8. The molecule has 1 amide bonds. The maximum Gasteiger partial charge on any atom is 0.318 e. The molecule has 0 saturated carbocycles. The van der Waals surface area contributed by atoms with Gasteiger partial charge < -0.3 is 29.4 Å². The van der Waals surface area contributed by atoms with Crippen LogP contribution in [-0.4, -0.2) is 89.2 Å². The number of ether oxygens (including phenoxy) is 1. The number of likely N-dealkylation sites (N-methyl/N-ethyl adjacent to an activating group) is 1. The van der Waals surface area contributed by atoms with Crippen LogP contribution in [0, 0.1) is 11.3 Å². The van der Waals surface area contributed by atoms with Gasteiger partial charge in [0.05, 0.1) is 37.4 Å². The van der Waals surface area contributed by atoms with Crippen molar-refractivity contribution in [2.75, 3.05) is 56.2 Å². The lowest BCUT2D eigenvalue weighted by Crippen LogP contribution is -2.55. The number of amides is 1. The molecule has 0 radical (unpaired) electrons. The summed E-state index contributed by atoms with van der Waals surface area (Å²) in [6.45, 7) is 6.93. The van der Waals surface area contributed by atoms with E-state index >= 15 is 0 Å². The number of aliphatic hydroxyl groups is 1. The normalized spacial score (nSPS) is 20.5. The van der Waals surface area contributed by atoms with Crippen LogP contribution in [0.4, 0.5) is 15.9 Å². The molecular weight excluding hydrogens is 561 g/mol. The number of carbonyl (C=O) groups excluding carboxylic acids is 1. The third kappa shape index (κ3) is 5.79. The van der Waals surface area contributed by atoms with Crippen molar-refractivity contribution in [2.45, 2.75) is 50.9 Å². The van der Waals surface area contributed by atoms with Crippen LogP contribution in [0.1, 0.15) is 36.1 Å². The summed E-state index contributed by atoms with van der Waals surface area (Å²) in [5.74, 6) is -1.05. The summed E-state index contributed by atoms with van der Waals surface area (Å²) in [6, 6.07) is 14.4. The summed E-state index contributed by atoms with van der Waals surface area (Å²) < 4.78 is 20.1. The number of fused-ring (bicyclic) bond motifs is 2. The largest absolute Gasteiger partial charge is 0.462 e. The van der Waals surface area contributed by atoms with Gasteiger partial charge in [-0.15, -0.1) is 0 Å². The summed E-state index contributed by atoms with van der Waals surface area (Å²) in [6.07, 6.45) is 2.94. The van der Waals surface area contributed by atoms with Crippen LogP contribution < -0.4 is 14.5 Å². The Balaban J connectivity index is 1.34. The Kier molecular flexibility index (Phi) is 8.64. The molecule has 3 aliphatic heterocycles. The lowest BCUT2D eigenvalue weighted by Gasteiger charge is -2.42. The van der Waals surface area contributed by atoms with Crippen molar-refractivity contribution in [2.24, 2.45) is 0 Å². The highest BCUT2D eigenvalue weighted by molar-refractivity contribution is 5.97. The summed E-state index contributed by atoms with van der Waals surface area (Å²) in [7, 11) is 2.10. The van der Waals surface area contributed by atoms with Crippen molar-refractivity contribution in [1.82, 2.24) is 19.8 Å². The van der Waals surface area contributed by atoms with Gasteiger partial charge in [0.25, 0.3) is 5.91 Å². The summed E-state index contributed by atoms with van der Waals surface area (Å²) in [4.78, 5) is 30.4. The zero-order valence-corrected chi connectivity index (χ0v) is 25.1. The standard InChI is InChI=1S/C33H38FN7O3/c1-22(34)32(43)41-17-16-40(18-25(41)11-13-35)31-27-12-15-39(29-10-4-7-23-6-3-8-24(20-42)30(23)29)19-28(27)36-33(37-31)44-21-26-9-5-14-38(26)2/h3-4,6-8,10,25-26,42H,1,5,9,11-12,14-21H2,2H3/t25-,26-/m0/s1. The number of carbonyl (C=O) groups is 1. The first kappa shape index (κ1) is 29.8. The molecule has 3 aromatic rings. The zero-order valence-electron chi connectivity index (χ0n) is 25.1. The van der Waals surface area contributed by atoms with Gasteiger partial charge in [0.15, 0.2) is 5.83 Å². The van der Waals surface area contributed by atoms with Crippen LogP contribution in [-0.2, 0) is 24.4 Å². The highest BCUT2D eigenvalue weighted by Gasteiger charge is 2.35. The van der Waals surface area contributed by atoms with Gasteiger partial charge >= 0.3 is 6.01 Å². The number of hydrogen-bond donors (Lipinski definition) is 1. The van der Waals surface area contributed by atoms with E-state index in [1.807, 2.05) is 18.2 Å². The summed E-state index contributed by atoms with van der Waals surface area (Å²) >= 11 is 0. The fraction of sp³-hybridized carbons (Fsp3) is 0.455. The van der Waals surface area contributed by atoms with Crippen LogP contribution in [0.15, 0.2) is 48.8 Å². The average molecular weight is 600 g/mol. The Morgan fingerprint density at radius 3 is 2.68 bits per heavy atom. The fourth-order valence-corrected chi connectivity index (χ4v) is 6.82. The van der Waals surface area contributed by atoms with Gasteiger partial charge in [-0.3, -0.25) is 4.79 Å². The first-order valence-electron chi connectivity index (χ1n) is 15.2. The average Bonchev–Trinajstić information content (AvgIpc) is 3.46. The number of aromatic nitrogens is 2. The van der Waals surface area contributed by atoms with E-state index in [9.17, 15) is 19.6 Å². The van der Waals surface area contributed by atoms with Crippen molar-refractivity contribution in [1.29, 1.82) is 5.26 Å². The lowest BCUT2D eigenvalue weighted by molar-refractivity contribution is -0.131. The molecule has 4 heterocycles. The van der Waals surface area contributed by atoms with Crippen LogP contribution >= 0.6 is 0 Å². The Morgan fingerprint density at radius 1 is 1.14 bits per heavy atom. The molecule has 2 saturated heterocycles. The molecule has 0 unspecified atom stereocenters. The molecule has 230 valence electrons. The predicted molar refractivity (Wildman–Crippen MR) is 166 cm³/mol. The number of anilines is 2. The second kappa shape index (κ2) is 12.8. The van der Waals surface area contributed by atoms with Gasteiger partial charge in [-0.05, 0) is 49.9 Å². The van der Waals surface area contributed by atoms with Crippen molar-refractivity contribution < 1.29 is 19.0 Å². The van der Waals surface area contributed by atoms with Crippen LogP contribution in [0.5, 0.6) is 6.01 Å². The Hall–Kier alpha value is -4.27. The van der Waals surface area contributed by atoms with E-state index in [1.165, 1.54) is 4.90 Å². The van der Waals surface area contributed by atoms with Gasteiger partial charge in [0.1, 0.15) is 12.4 Å².